The summed E-state index contributed by atoms with van der Waals surface area (Å²) in [7, 11) is 0. The molecule has 1 rings (SSSR count). The Balaban J connectivity index is -0.000000144. The van der Waals surface area contributed by atoms with Gasteiger partial charge in [-0.25, -0.2) is 0 Å². The van der Waals surface area contributed by atoms with Gasteiger partial charge in [-0.2, -0.15) is 0 Å². The highest BCUT2D eigenvalue weighted by Crippen LogP contribution is 2.33. The molecule has 0 bridgehead atoms. The Hall–Kier alpha value is 0. The number of unbranched alkanes of at least 4 members (excludes halogenated alkanes) is 1. The molecule has 0 unspecified atom stereocenters. The van der Waals surface area contributed by atoms with Crippen LogP contribution < -0.4 is 0 Å². The molecule has 0 N–H and O–H groups in total. The Morgan fingerprint density at radius 1 is 0.846 bits per heavy atom. The van der Waals surface area contributed by atoms with Crippen LogP contribution in [0.2, 0.25) is 0 Å². The molecule has 0 amide bonds. The van der Waals surface area contributed by atoms with Crippen molar-refractivity contribution in [3.05, 3.63) is 0 Å². The van der Waals surface area contributed by atoms with Crippen molar-refractivity contribution in [2.45, 2.75) is 80.6 Å². The van der Waals surface area contributed by atoms with E-state index >= 15 is 0 Å². The van der Waals surface area contributed by atoms with Crippen LogP contribution in [0.5, 0.6) is 0 Å². The third kappa shape index (κ3) is 24.5. The molecule has 84 valence electrons. The summed E-state index contributed by atoms with van der Waals surface area (Å²) in [6, 6.07) is 0. The summed E-state index contributed by atoms with van der Waals surface area (Å²) >= 11 is 0. The van der Waals surface area contributed by atoms with Crippen molar-refractivity contribution in [3.63, 3.8) is 0 Å². The zero-order valence-corrected chi connectivity index (χ0v) is 11.1. The average Bonchev–Trinajstić information content (AvgIpc) is 3.07. The van der Waals surface area contributed by atoms with Crippen LogP contribution >= 0.6 is 0 Å². The van der Waals surface area contributed by atoms with Crippen molar-refractivity contribution >= 4 is 0 Å². The van der Waals surface area contributed by atoms with Crippen LogP contribution in [0.4, 0.5) is 0 Å². The molecule has 1 aliphatic rings. The molecule has 1 saturated carbocycles. The average molecular weight is 188 g/mol. The molecule has 13 heavy (non-hydrogen) atoms. The molecule has 1 aliphatic carbocycles. The maximum absolute atomic E-state index is 2.27. The number of hydrogen-bond acceptors (Lipinski definition) is 0. The Morgan fingerprint density at radius 2 is 1.23 bits per heavy atom. The lowest BCUT2D eigenvalue weighted by Crippen LogP contribution is -1.72. The smallest absolute Gasteiger partial charge is 0.0414 e. The minimum absolute atomic E-state index is 1.15. The van der Waals surface area contributed by atoms with Crippen LogP contribution in [-0.2, 0) is 0 Å². The molecule has 0 spiro atoms. The molecule has 0 aromatic carbocycles. The van der Waals surface area contributed by atoms with Gasteiger partial charge in [0.15, 0.2) is 0 Å². The van der Waals surface area contributed by atoms with Gasteiger partial charge in [0.2, 0.25) is 0 Å². The van der Waals surface area contributed by atoms with E-state index in [1.54, 1.807) is 0 Å². The van der Waals surface area contributed by atoms with Crippen LogP contribution in [0.25, 0.3) is 0 Å². The Morgan fingerprint density at radius 3 is 1.46 bits per heavy atom. The van der Waals surface area contributed by atoms with E-state index in [1.807, 2.05) is 41.5 Å². The van der Waals surface area contributed by atoms with Crippen LogP contribution in [0.3, 0.4) is 0 Å². The molecule has 0 heterocycles. The lowest BCUT2D eigenvalue weighted by Gasteiger charge is -1.88. The first-order valence-electron chi connectivity index (χ1n) is 6.43. The molecule has 0 heteroatoms. The minimum atomic E-state index is 1.15. The summed E-state index contributed by atoms with van der Waals surface area (Å²) < 4.78 is 0. The normalized spacial score (nSPS) is 12.2. The Bertz CT molecular complexity index is 44.0. The lowest BCUT2D eigenvalue weighted by molar-refractivity contribution is 0.654. The van der Waals surface area contributed by atoms with Crippen molar-refractivity contribution in [3.8, 4) is 0 Å². The molecule has 0 nitrogen and oxygen atoms in total. The monoisotopic (exact) mass is 188 g/mol. The maximum atomic E-state index is 2.27. The fourth-order valence-electron chi connectivity index (χ4n) is 0.899. The summed E-state index contributed by atoms with van der Waals surface area (Å²) in [6.07, 6.45) is 7.41. The quantitative estimate of drug-likeness (QED) is 0.535. The molecule has 1 fully saturated rings. The van der Waals surface area contributed by atoms with Gasteiger partial charge in [-0.3, -0.25) is 0 Å². The van der Waals surface area contributed by atoms with E-state index in [-0.39, 0.29) is 0 Å². The van der Waals surface area contributed by atoms with Gasteiger partial charge in [0, 0.05) is 0 Å². The minimum Gasteiger partial charge on any atom is -0.0683 e. The van der Waals surface area contributed by atoms with Crippen molar-refractivity contribution in [1.29, 1.82) is 0 Å². The molecule has 0 aromatic rings. The summed E-state index contributed by atoms with van der Waals surface area (Å²) in [6.45, 7) is 14.3. The van der Waals surface area contributed by atoms with Crippen molar-refractivity contribution < 1.29 is 0 Å². The van der Waals surface area contributed by atoms with E-state index in [4.69, 9.17) is 0 Å². The van der Waals surface area contributed by atoms with Gasteiger partial charge in [-0.05, 0) is 5.92 Å². The predicted molar refractivity (Wildman–Crippen MR) is 66.3 cm³/mol. The standard InChI is InChI=1S/C7H14.3C2H6/c1-2-3-4-7-5-6-7;3*1-2/h7H,2-6H2,1H3;3*1-2H3. The summed E-state index contributed by atoms with van der Waals surface area (Å²) in [4.78, 5) is 0. The SMILES string of the molecule is CC.CC.CC.CCCCC1CC1. The van der Waals surface area contributed by atoms with Gasteiger partial charge >= 0.3 is 0 Å². The summed E-state index contributed by atoms with van der Waals surface area (Å²) in [5.74, 6) is 1.15. The number of hydrogen-bond donors (Lipinski definition) is 0. The van der Waals surface area contributed by atoms with E-state index in [2.05, 4.69) is 6.92 Å². The van der Waals surface area contributed by atoms with E-state index in [1.165, 1.54) is 32.1 Å². The van der Waals surface area contributed by atoms with E-state index in [0.29, 0.717) is 0 Å². The highest BCUT2D eigenvalue weighted by atomic mass is 14.2. The molecule has 0 radical (unpaired) electrons. The largest absolute Gasteiger partial charge is 0.0683 e. The fraction of sp³-hybridized carbons (Fsp3) is 1.00. The second-order valence-electron chi connectivity index (χ2n) is 2.59. The van der Waals surface area contributed by atoms with Crippen molar-refractivity contribution in [2.75, 3.05) is 0 Å². The summed E-state index contributed by atoms with van der Waals surface area (Å²) in [5, 5.41) is 0. The second kappa shape index (κ2) is 22.7. The van der Waals surface area contributed by atoms with Crippen LogP contribution in [-0.4, -0.2) is 0 Å². The molecular formula is C13H32. The molecule has 0 atom stereocenters. The van der Waals surface area contributed by atoms with Crippen molar-refractivity contribution in [1.82, 2.24) is 0 Å². The highest BCUT2D eigenvalue weighted by Gasteiger charge is 2.19. The fourth-order valence-corrected chi connectivity index (χ4v) is 0.899. The Labute approximate surface area is 87.1 Å². The first-order chi connectivity index (χ1) is 6.43. The third-order valence-electron chi connectivity index (χ3n) is 1.66. The number of rotatable bonds is 3. The predicted octanol–water partition coefficient (Wildman–Crippen LogP) is 5.67. The molecule has 0 saturated heterocycles. The summed E-state index contributed by atoms with van der Waals surface area (Å²) in [5.41, 5.74) is 0. The van der Waals surface area contributed by atoms with Gasteiger partial charge < -0.3 is 0 Å². The van der Waals surface area contributed by atoms with Crippen LogP contribution in [0.15, 0.2) is 0 Å². The van der Waals surface area contributed by atoms with Gasteiger partial charge in [0.05, 0.1) is 0 Å². The van der Waals surface area contributed by atoms with Crippen LogP contribution in [0.1, 0.15) is 80.6 Å². The van der Waals surface area contributed by atoms with Gasteiger partial charge in [-0.15, -0.1) is 0 Å². The van der Waals surface area contributed by atoms with E-state index in [9.17, 15) is 0 Å². The lowest BCUT2D eigenvalue weighted by atomic mass is 10.2. The zero-order valence-electron chi connectivity index (χ0n) is 11.1. The molecular weight excluding hydrogens is 156 g/mol. The first-order valence-corrected chi connectivity index (χ1v) is 6.43. The highest BCUT2D eigenvalue weighted by molar-refractivity contribution is 4.71. The maximum Gasteiger partial charge on any atom is -0.0414 e. The van der Waals surface area contributed by atoms with E-state index < -0.39 is 0 Å². The third-order valence-corrected chi connectivity index (χ3v) is 1.66. The zero-order chi connectivity index (χ0) is 11.1. The van der Waals surface area contributed by atoms with E-state index in [0.717, 1.165) is 5.92 Å². The van der Waals surface area contributed by atoms with Gasteiger partial charge in [-0.1, -0.05) is 80.6 Å². The first kappa shape index (κ1) is 18.7. The van der Waals surface area contributed by atoms with Crippen molar-refractivity contribution in [2.24, 2.45) is 5.92 Å². The molecule has 0 aromatic heterocycles. The Kier molecular flexibility index (Phi) is 32.7. The second-order valence-corrected chi connectivity index (χ2v) is 2.59. The van der Waals surface area contributed by atoms with Gasteiger partial charge in [0.25, 0.3) is 0 Å². The molecule has 0 aliphatic heterocycles. The topological polar surface area (TPSA) is 0 Å². The van der Waals surface area contributed by atoms with Gasteiger partial charge in [0.1, 0.15) is 0 Å². The van der Waals surface area contributed by atoms with Crippen LogP contribution in [0, 0.1) is 5.92 Å².